The van der Waals surface area contributed by atoms with Crippen molar-refractivity contribution in [2.24, 2.45) is 5.92 Å². The highest BCUT2D eigenvalue weighted by Gasteiger charge is 2.37. The van der Waals surface area contributed by atoms with Gasteiger partial charge in [-0.05, 0) is 57.6 Å². The number of nitrogens with one attached hydrogen (secondary N) is 2. The number of ether oxygens (including phenoxy) is 1. The summed E-state index contributed by atoms with van der Waals surface area (Å²) in [4.78, 5) is 42.4. The highest BCUT2D eigenvalue weighted by Crippen LogP contribution is 2.27. The highest BCUT2D eigenvalue weighted by molar-refractivity contribution is 5.92. The van der Waals surface area contributed by atoms with Crippen molar-refractivity contribution < 1.29 is 19.1 Å². The number of benzene rings is 1. The molecule has 218 valence electrons. The van der Waals surface area contributed by atoms with Crippen molar-refractivity contribution in [1.29, 1.82) is 0 Å². The number of hydrogen-bond donors (Lipinski definition) is 2. The number of hydrogen-bond acceptors (Lipinski definition) is 4. The summed E-state index contributed by atoms with van der Waals surface area (Å²) in [6, 6.07) is 5.50. The minimum atomic E-state index is -0.914. The summed E-state index contributed by atoms with van der Waals surface area (Å²) in [7, 11) is 0. The molecule has 0 aliphatic heterocycles. The molecule has 1 rings (SSSR count). The molecule has 1 aromatic rings. The molecule has 7 nitrogen and oxygen atoms in total. The van der Waals surface area contributed by atoms with Crippen molar-refractivity contribution in [3.63, 3.8) is 0 Å². The molecule has 39 heavy (non-hydrogen) atoms. The van der Waals surface area contributed by atoms with Crippen LogP contribution in [0.2, 0.25) is 0 Å². The average molecular weight is 542 g/mol. The van der Waals surface area contributed by atoms with Gasteiger partial charge in [-0.1, -0.05) is 83.9 Å². The minimum Gasteiger partial charge on any atom is -0.444 e. The van der Waals surface area contributed by atoms with Crippen LogP contribution < -0.4 is 10.6 Å². The second-order valence-corrected chi connectivity index (χ2v) is 11.6. The van der Waals surface area contributed by atoms with Gasteiger partial charge in [-0.3, -0.25) is 9.59 Å². The largest absolute Gasteiger partial charge is 0.444 e. The summed E-state index contributed by atoms with van der Waals surface area (Å²) in [6.07, 6.45) is 12.3. The van der Waals surface area contributed by atoms with Gasteiger partial charge in [0.05, 0.1) is 0 Å². The number of alkyl carbamates (subject to hydrolysis) is 1. The Bertz CT molecular complexity index is 945. The molecule has 0 saturated carbocycles. The van der Waals surface area contributed by atoms with E-state index in [-0.39, 0.29) is 17.7 Å². The zero-order chi connectivity index (χ0) is 29.4. The standard InChI is InChI=1S/C32H51N3O4/c1-9-12-14-15-18-22-35(30(37)27(23-24(4)5)34-31(38)39-32(6,7)8)28(29(36)33-21-13-10-2)26-20-17-16-19-25(26)11-3/h3,16-17,19-20,24,27-28H,9-10,12-15,18,21-23H2,1-2,4-8H3,(H,33,36)(H,34,38). The fraction of sp³-hybridized carbons (Fsp3) is 0.656. The molecule has 7 heteroatoms. The second kappa shape index (κ2) is 17.6. The third-order valence-corrected chi connectivity index (χ3v) is 6.28. The SMILES string of the molecule is C#Cc1ccccc1C(C(=O)NCCCC)N(CCCCCCC)C(=O)C(CC(C)C)NC(=O)OC(C)(C)C. The van der Waals surface area contributed by atoms with Crippen LogP contribution in [-0.4, -0.2) is 47.5 Å². The maximum Gasteiger partial charge on any atom is 0.408 e. The van der Waals surface area contributed by atoms with Crippen LogP contribution in [0.15, 0.2) is 24.3 Å². The van der Waals surface area contributed by atoms with E-state index < -0.39 is 23.8 Å². The molecule has 1 aromatic carbocycles. The highest BCUT2D eigenvalue weighted by atomic mass is 16.6. The predicted octanol–water partition coefficient (Wildman–Crippen LogP) is 6.36. The van der Waals surface area contributed by atoms with Gasteiger partial charge in [0.15, 0.2) is 0 Å². The van der Waals surface area contributed by atoms with E-state index in [4.69, 9.17) is 11.2 Å². The Balaban J connectivity index is 3.52. The van der Waals surface area contributed by atoms with Crippen molar-refractivity contribution in [3.8, 4) is 12.3 Å². The van der Waals surface area contributed by atoms with Gasteiger partial charge < -0.3 is 20.3 Å². The van der Waals surface area contributed by atoms with E-state index in [0.29, 0.717) is 30.6 Å². The molecule has 0 fully saturated rings. The normalized spacial score (nSPS) is 12.8. The van der Waals surface area contributed by atoms with Crippen LogP contribution in [0.5, 0.6) is 0 Å². The quantitative estimate of drug-likeness (QED) is 0.188. The number of amides is 3. The van der Waals surface area contributed by atoms with E-state index in [9.17, 15) is 14.4 Å². The number of terminal acetylenes is 1. The summed E-state index contributed by atoms with van der Waals surface area (Å²) >= 11 is 0. The second-order valence-electron chi connectivity index (χ2n) is 11.6. The molecular weight excluding hydrogens is 490 g/mol. The topological polar surface area (TPSA) is 87.7 Å². The summed E-state index contributed by atoms with van der Waals surface area (Å²) < 4.78 is 5.47. The van der Waals surface area contributed by atoms with Crippen LogP contribution in [0.4, 0.5) is 4.79 Å². The van der Waals surface area contributed by atoms with Crippen LogP contribution in [0, 0.1) is 18.3 Å². The molecule has 0 spiro atoms. The van der Waals surface area contributed by atoms with Gasteiger partial charge in [0.25, 0.3) is 0 Å². The fourth-order valence-corrected chi connectivity index (χ4v) is 4.40. The Hall–Kier alpha value is -3.01. The lowest BCUT2D eigenvalue weighted by Gasteiger charge is -2.35. The molecule has 3 amide bonds. The molecule has 2 atom stereocenters. The van der Waals surface area contributed by atoms with Crippen LogP contribution in [0.3, 0.4) is 0 Å². The molecular formula is C32H51N3O4. The zero-order valence-corrected chi connectivity index (χ0v) is 25.3. The van der Waals surface area contributed by atoms with Gasteiger partial charge in [0.2, 0.25) is 11.8 Å². The first-order valence-electron chi connectivity index (χ1n) is 14.6. The van der Waals surface area contributed by atoms with Gasteiger partial charge >= 0.3 is 6.09 Å². The molecule has 0 saturated heterocycles. The maximum atomic E-state index is 14.3. The molecule has 2 unspecified atom stereocenters. The monoisotopic (exact) mass is 541 g/mol. The molecule has 0 radical (unpaired) electrons. The number of nitrogens with zero attached hydrogens (tertiary/aromatic N) is 1. The molecule has 0 aliphatic rings. The van der Waals surface area contributed by atoms with Crippen LogP contribution in [-0.2, 0) is 14.3 Å². The van der Waals surface area contributed by atoms with Crippen molar-refractivity contribution in [3.05, 3.63) is 35.4 Å². The summed E-state index contributed by atoms with van der Waals surface area (Å²) in [5.74, 6) is 2.23. The Kier molecular flexibility index (Phi) is 15.3. The van der Waals surface area contributed by atoms with E-state index in [1.807, 2.05) is 32.0 Å². The first-order valence-corrected chi connectivity index (χ1v) is 14.6. The lowest BCUT2D eigenvalue weighted by atomic mass is 9.95. The lowest BCUT2D eigenvalue weighted by Crippen LogP contribution is -2.53. The average Bonchev–Trinajstić information content (AvgIpc) is 2.86. The Morgan fingerprint density at radius 1 is 1.00 bits per heavy atom. The van der Waals surface area contributed by atoms with Gasteiger partial charge in [-0.15, -0.1) is 6.42 Å². The van der Waals surface area contributed by atoms with E-state index in [1.54, 1.807) is 31.7 Å². The Morgan fingerprint density at radius 2 is 1.64 bits per heavy atom. The number of carbonyl (C=O) groups excluding carboxylic acids is 3. The van der Waals surface area contributed by atoms with Crippen molar-refractivity contribution in [2.75, 3.05) is 13.1 Å². The van der Waals surface area contributed by atoms with Gasteiger partial charge in [0, 0.05) is 18.7 Å². The van der Waals surface area contributed by atoms with Crippen molar-refractivity contribution >= 4 is 17.9 Å². The zero-order valence-electron chi connectivity index (χ0n) is 25.3. The molecule has 0 aromatic heterocycles. The molecule has 0 bridgehead atoms. The van der Waals surface area contributed by atoms with E-state index in [1.165, 1.54) is 0 Å². The first-order chi connectivity index (χ1) is 18.4. The van der Waals surface area contributed by atoms with Gasteiger partial charge in [-0.25, -0.2) is 4.79 Å². The maximum absolute atomic E-state index is 14.3. The number of unbranched alkanes of at least 4 members (excludes halogenated alkanes) is 5. The van der Waals surface area contributed by atoms with Crippen molar-refractivity contribution in [1.82, 2.24) is 15.5 Å². The number of carbonyl (C=O) groups is 3. The van der Waals surface area contributed by atoms with E-state index in [2.05, 4.69) is 30.4 Å². The summed E-state index contributed by atoms with van der Waals surface area (Å²) in [6.45, 7) is 14.4. The molecule has 0 aliphatic carbocycles. The predicted molar refractivity (Wildman–Crippen MR) is 158 cm³/mol. The molecule has 2 N–H and O–H groups in total. The van der Waals surface area contributed by atoms with Crippen LogP contribution in [0.25, 0.3) is 0 Å². The first kappa shape index (κ1) is 34.0. The van der Waals surface area contributed by atoms with Crippen LogP contribution >= 0.6 is 0 Å². The Morgan fingerprint density at radius 3 is 2.23 bits per heavy atom. The smallest absolute Gasteiger partial charge is 0.408 e. The van der Waals surface area contributed by atoms with Gasteiger partial charge in [-0.2, -0.15) is 0 Å². The third kappa shape index (κ3) is 12.6. The third-order valence-electron chi connectivity index (χ3n) is 6.28. The summed E-state index contributed by atoms with van der Waals surface area (Å²) in [5, 5.41) is 5.82. The lowest BCUT2D eigenvalue weighted by molar-refractivity contribution is -0.143. The van der Waals surface area contributed by atoms with Crippen molar-refractivity contribution in [2.45, 2.75) is 118 Å². The Labute approximate surface area is 236 Å². The van der Waals surface area contributed by atoms with E-state index in [0.717, 1.165) is 44.9 Å². The molecule has 0 heterocycles. The van der Waals surface area contributed by atoms with Crippen LogP contribution in [0.1, 0.15) is 117 Å². The fourth-order valence-electron chi connectivity index (χ4n) is 4.40. The minimum absolute atomic E-state index is 0.120. The van der Waals surface area contributed by atoms with Gasteiger partial charge in [0.1, 0.15) is 17.7 Å². The summed E-state index contributed by atoms with van der Waals surface area (Å²) in [5.41, 5.74) is 0.468. The number of rotatable bonds is 16. The van der Waals surface area contributed by atoms with E-state index >= 15 is 0 Å².